The summed E-state index contributed by atoms with van der Waals surface area (Å²) in [6.45, 7) is 0. The fourth-order valence-electron chi connectivity index (χ4n) is 3.89. The van der Waals surface area contributed by atoms with Gasteiger partial charge in [0.25, 0.3) is 0 Å². The Morgan fingerprint density at radius 3 is 2.52 bits per heavy atom. The average molecular weight is 450 g/mol. The van der Waals surface area contributed by atoms with Gasteiger partial charge in [0.1, 0.15) is 17.7 Å². The smallest absolute Gasteiger partial charge is 0.174 e. The van der Waals surface area contributed by atoms with Crippen LogP contribution in [0.25, 0.3) is 5.82 Å². The van der Waals surface area contributed by atoms with Crippen LogP contribution in [-0.4, -0.2) is 19.6 Å². The second-order valence-corrected chi connectivity index (χ2v) is 7.93. The van der Waals surface area contributed by atoms with E-state index in [-0.39, 0.29) is 17.9 Å². The molecule has 3 aromatic heterocycles. The Bertz CT molecular complexity index is 1210. The van der Waals surface area contributed by atoms with Crippen LogP contribution in [0.5, 0.6) is 0 Å². The summed E-state index contributed by atoms with van der Waals surface area (Å²) in [6.07, 6.45) is 5.33. The number of aromatic nitrogens is 3. The Morgan fingerprint density at radius 2 is 1.81 bits per heavy atom. The van der Waals surface area contributed by atoms with E-state index in [2.05, 4.69) is 15.3 Å². The van der Waals surface area contributed by atoms with Gasteiger partial charge in [0.2, 0.25) is 0 Å². The highest BCUT2D eigenvalue weighted by molar-refractivity contribution is 7.80. The molecule has 1 fully saturated rings. The fourth-order valence-corrected chi connectivity index (χ4v) is 4.35. The third-order valence-electron chi connectivity index (χ3n) is 5.24. The van der Waals surface area contributed by atoms with Crippen molar-refractivity contribution in [3.8, 4) is 5.82 Å². The van der Waals surface area contributed by atoms with Crippen LogP contribution in [0.1, 0.15) is 23.5 Å². The molecule has 31 heavy (non-hydrogen) atoms. The summed E-state index contributed by atoms with van der Waals surface area (Å²) in [5, 5.41) is 4.52. The molecule has 0 saturated carbocycles. The molecule has 154 valence electrons. The molecule has 1 saturated heterocycles. The predicted octanol–water partition coefficient (Wildman–Crippen LogP) is 5.24. The van der Waals surface area contributed by atoms with Crippen molar-refractivity contribution in [2.75, 3.05) is 4.90 Å². The summed E-state index contributed by atoms with van der Waals surface area (Å²) in [7, 11) is 0. The second-order valence-electron chi connectivity index (χ2n) is 7.11. The first kappa shape index (κ1) is 19.7. The molecule has 0 aliphatic carbocycles. The number of benzene rings is 1. The van der Waals surface area contributed by atoms with Gasteiger partial charge >= 0.3 is 0 Å². The molecule has 2 unspecified atom stereocenters. The maximum Gasteiger partial charge on any atom is 0.174 e. The molecule has 0 radical (unpaired) electrons. The van der Waals surface area contributed by atoms with Gasteiger partial charge in [-0.25, -0.2) is 9.37 Å². The van der Waals surface area contributed by atoms with Crippen molar-refractivity contribution in [3.05, 3.63) is 108 Å². The molecule has 0 bridgehead atoms. The van der Waals surface area contributed by atoms with E-state index in [0.29, 0.717) is 10.1 Å². The first-order chi connectivity index (χ1) is 15.1. The molecule has 1 aliphatic rings. The van der Waals surface area contributed by atoms with Crippen molar-refractivity contribution in [2.24, 2.45) is 0 Å². The predicted molar refractivity (Wildman–Crippen MR) is 123 cm³/mol. The Labute approximate surface area is 189 Å². The van der Waals surface area contributed by atoms with Crippen molar-refractivity contribution in [1.29, 1.82) is 0 Å². The second kappa shape index (κ2) is 8.09. The van der Waals surface area contributed by atoms with Crippen LogP contribution in [0.3, 0.4) is 0 Å². The van der Waals surface area contributed by atoms with E-state index in [0.717, 1.165) is 22.9 Å². The van der Waals surface area contributed by atoms with Crippen molar-refractivity contribution in [3.63, 3.8) is 0 Å². The molecule has 5 nitrogen and oxygen atoms in total. The molecule has 1 aromatic carbocycles. The highest BCUT2D eigenvalue weighted by Crippen LogP contribution is 2.42. The summed E-state index contributed by atoms with van der Waals surface area (Å²) in [5.41, 5.74) is 2.61. The molecule has 0 spiro atoms. The number of hydrogen-bond acceptors (Lipinski definition) is 3. The SMILES string of the molecule is Fc1ccc(N2C(=S)NC(c3ccccn3)C2c2cccn2-c2ccc(Cl)cn2)cc1. The number of pyridine rings is 2. The molecule has 2 atom stereocenters. The van der Waals surface area contributed by atoms with Crippen LogP contribution in [0.15, 0.2) is 85.3 Å². The number of halogens is 2. The Balaban J connectivity index is 1.66. The molecular weight excluding hydrogens is 433 g/mol. The molecule has 1 N–H and O–H groups in total. The minimum absolute atomic E-state index is 0.209. The van der Waals surface area contributed by atoms with E-state index in [4.69, 9.17) is 23.8 Å². The summed E-state index contributed by atoms with van der Waals surface area (Å²) < 4.78 is 15.6. The lowest BCUT2D eigenvalue weighted by Crippen LogP contribution is -2.30. The monoisotopic (exact) mass is 449 g/mol. The molecule has 5 rings (SSSR count). The maximum atomic E-state index is 13.6. The zero-order valence-corrected chi connectivity index (χ0v) is 17.8. The van der Waals surface area contributed by atoms with Crippen LogP contribution in [0.2, 0.25) is 5.02 Å². The van der Waals surface area contributed by atoms with Crippen LogP contribution >= 0.6 is 23.8 Å². The lowest BCUT2D eigenvalue weighted by molar-refractivity contribution is 0.548. The van der Waals surface area contributed by atoms with Gasteiger partial charge < -0.3 is 14.8 Å². The van der Waals surface area contributed by atoms with Crippen LogP contribution in [0, 0.1) is 5.82 Å². The molecule has 4 aromatic rings. The minimum atomic E-state index is -0.298. The van der Waals surface area contributed by atoms with Crippen molar-refractivity contribution >= 4 is 34.6 Å². The van der Waals surface area contributed by atoms with Gasteiger partial charge in [0.15, 0.2) is 5.11 Å². The van der Waals surface area contributed by atoms with Crippen molar-refractivity contribution in [2.45, 2.75) is 12.1 Å². The zero-order chi connectivity index (χ0) is 21.4. The summed E-state index contributed by atoms with van der Waals surface area (Å²) >= 11 is 11.7. The quantitative estimate of drug-likeness (QED) is 0.432. The Hall–Kier alpha value is -3.29. The van der Waals surface area contributed by atoms with Crippen molar-refractivity contribution < 1.29 is 4.39 Å². The van der Waals surface area contributed by atoms with Crippen LogP contribution in [0.4, 0.5) is 10.1 Å². The Morgan fingerprint density at radius 1 is 0.968 bits per heavy atom. The van der Waals surface area contributed by atoms with Crippen molar-refractivity contribution in [1.82, 2.24) is 19.9 Å². The van der Waals surface area contributed by atoms with Gasteiger partial charge in [-0.15, -0.1) is 0 Å². The topological polar surface area (TPSA) is 46.0 Å². The van der Waals surface area contributed by atoms with Crippen LogP contribution in [-0.2, 0) is 0 Å². The van der Waals surface area contributed by atoms with Gasteiger partial charge in [-0.2, -0.15) is 0 Å². The average Bonchev–Trinajstić information content (AvgIpc) is 3.40. The number of nitrogens with zero attached hydrogens (tertiary/aromatic N) is 4. The normalized spacial score (nSPS) is 18.3. The lowest BCUT2D eigenvalue weighted by Gasteiger charge is -2.28. The number of rotatable bonds is 4. The lowest BCUT2D eigenvalue weighted by atomic mass is 10.0. The third-order valence-corrected chi connectivity index (χ3v) is 5.78. The summed E-state index contributed by atoms with van der Waals surface area (Å²) in [4.78, 5) is 11.0. The summed E-state index contributed by atoms with van der Waals surface area (Å²) in [5.74, 6) is 0.439. The molecule has 4 heterocycles. The van der Waals surface area contributed by atoms with E-state index < -0.39 is 0 Å². The van der Waals surface area contributed by atoms with Gasteiger partial charge in [-0.3, -0.25) is 4.98 Å². The van der Waals surface area contributed by atoms with Gasteiger partial charge in [-0.05, 0) is 72.9 Å². The molecule has 8 heteroatoms. The van der Waals surface area contributed by atoms with Gasteiger partial charge in [-0.1, -0.05) is 17.7 Å². The van der Waals surface area contributed by atoms with E-state index >= 15 is 0 Å². The van der Waals surface area contributed by atoms with E-state index in [1.54, 1.807) is 30.6 Å². The first-order valence-electron chi connectivity index (χ1n) is 9.67. The Kier molecular flexibility index (Phi) is 5.13. The summed E-state index contributed by atoms with van der Waals surface area (Å²) in [6, 6.07) is 19.3. The zero-order valence-electron chi connectivity index (χ0n) is 16.2. The van der Waals surface area contributed by atoms with Gasteiger partial charge in [0.05, 0.1) is 16.8 Å². The largest absolute Gasteiger partial charge is 0.351 e. The minimum Gasteiger partial charge on any atom is -0.351 e. The fraction of sp³-hybridized carbons (Fsp3) is 0.0870. The third kappa shape index (κ3) is 3.66. The number of anilines is 1. The van der Waals surface area contributed by atoms with Crippen LogP contribution < -0.4 is 10.2 Å². The van der Waals surface area contributed by atoms with E-state index in [1.165, 1.54) is 12.1 Å². The number of nitrogens with one attached hydrogen (secondary N) is 1. The standard InChI is InChI=1S/C23H17ClFN5S/c24-15-6-11-20(27-14-15)29-13-3-5-19(29)22-21(18-4-1-2-12-26-18)28-23(31)30(22)17-9-7-16(25)8-10-17/h1-14,21-22H,(H,28,31). The highest BCUT2D eigenvalue weighted by atomic mass is 35.5. The van der Waals surface area contributed by atoms with Gasteiger partial charge in [0, 0.05) is 30.0 Å². The first-order valence-corrected chi connectivity index (χ1v) is 10.5. The maximum absolute atomic E-state index is 13.6. The molecular formula is C23H17ClFN5S. The molecule has 0 amide bonds. The molecule has 1 aliphatic heterocycles. The number of thiocarbonyl (C=S) groups is 1. The number of hydrogen-bond donors (Lipinski definition) is 1. The van der Waals surface area contributed by atoms with E-state index in [1.807, 2.05) is 52.1 Å². The van der Waals surface area contributed by atoms with E-state index in [9.17, 15) is 4.39 Å². The highest BCUT2D eigenvalue weighted by Gasteiger charge is 2.42.